The predicted octanol–water partition coefficient (Wildman–Crippen LogP) is 4.34. The number of benzene rings is 1. The highest BCUT2D eigenvalue weighted by molar-refractivity contribution is 6.04. The number of aryl methyl sites for hydroxylation is 2. The number of nitrogens with zero attached hydrogens (tertiary/aromatic N) is 3. The molecule has 1 N–H and O–H groups in total. The molecule has 0 radical (unpaired) electrons. The molecule has 156 valence electrons. The Morgan fingerprint density at radius 2 is 1.77 bits per heavy atom. The Hall–Kier alpha value is -2.79. The molecule has 0 atom stereocenters. The van der Waals surface area contributed by atoms with Crippen LogP contribution in [0.4, 0.5) is 11.5 Å². The number of piperazine rings is 1. The van der Waals surface area contributed by atoms with Crippen LogP contribution in [0, 0.1) is 19.8 Å². The first kappa shape index (κ1) is 19.2. The molecule has 1 saturated carbocycles. The van der Waals surface area contributed by atoms with Crippen molar-refractivity contribution in [2.24, 2.45) is 5.92 Å². The van der Waals surface area contributed by atoms with Crippen LogP contribution in [0.15, 0.2) is 48.7 Å². The third-order valence-corrected chi connectivity index (χ3v) is 6.44. The van der Waals surface area contributed by atoms with E-state index in [-0.39, 0.29) is 5.91 Å². The SMILES string of the molecule is Cc1ccc(C)c(NC(=O)c2ccc3ccc(N4CCN(CC5CC5)CC4)n3c2)c1. The molecule has 0 spiro atoms. The first-order chi connectivity index (χ1) is 14.6. The van der Waals surface area contributed by atoms with Gasteiger partial charge in [-0.05, 0) is 74.1 Å². The first-order valence-corrected chi connectivity index (χ1v) is 11.0. The molecule has 1 amide bonds. The zero-order valence-corrected chi connectivity index (χ0v) is 17.9. The molecule has 30 heavy (non-hydrogen) atoms. The number of fused-ring (bicyclic) bond motifs is 1. The Morgan fingerprint density at radius 3 is 2.53 bits per heavy atom. The van der Waals surface area contributed by atoms with Crippen LogP contribution in [-0.2, 0) is 0 Å². The fourth-order valence-corrected chi connectivity index (χ4v) is 4.37. The first-order valence-electron chi connectivity index (χ1n) is 11.0. The molecule has 5 heteroatoms. The van der Waals surface area contributed by atoms with E-state index in [0.29, 0.717) is 5.56 Å². The molecular formula is C25H30N4O. The number of nitrogens with one attached hydrogen (secondary N) is 1. The van der Waals surface area contributed by atoms with Crippen LogP contribution in [0.25, 0.3) is 5.52 Å². The molecule has 5 nitrogen and oxygen atoms in total. The van der Waals surface area contributed by atoms with Crippen LogP contribution >= 0.6 is 0 Å². The van der Waals surface area contributed by atoms with Crippen LogP contribution in [-0.4, -0.2) is 47.9 Å². The van der Waals surface area contributed by atoms with Crippen LogP contribution < -0.4 is 10.2 Å². The van der Waals surface area contributed by atoms with E-state index in [4.69, 9.17) is 0 Å². The summed E-state index contributed by atoms with van der Waals surface area (Å²) in [6.07, 6.45) is 4.80. The molecular weight excluding hydrogens is 372 g/mol. The van der Waals surface area contributed by atoms with Gasteiger partial charge in [0.2, 0.25) is 0 Å². The zero-order valence-electron chi connectivity index (χ0n) is 17.9. The largest absolute Gasteiger partial charge is 0.355 e. The topological polar surface area (TPSA) is 40.0 Å². The molecule has 0 bridgehead atoms. The minimum absolute atomic E-state index is 0.0699. The number of hydrogen-bond donors (Lipinski definition) is 1. The lowest BCUT2D eigenvalue weighted by molar-refractivity contribution is 0.102. The van der Waals surface area contributed by atoms with Gasteiger partial charge in [-0.1, -0.05) is 12.1 Å². The summed E-state index contributed by atoms with van der Waals surface area (Å²) in [5, 5.41) is 3.08. The van der Waals surface area contributed by atoms with E-state index >= 15 is 0 Å². The summed E-state index contributed by atoms with van der Waals surface area (Å²) < 4.78 is 2.16. The third-order valence-electron chi connectivity index (χ3n) is 6.44. The van der Waals surface area contributed by atoms with Gasteiger partial charge in [0.25, 0.3) is 5.91 Å². The number of amides is 1. The molecule has 1 aliphatic heterocycles. The number of pyridine rings is 1. The summed E-state index contributed by atoms with van der Waals surface area (Å²) in [6.45, 7) is 9.65. The van der Waals surface area contributed by atoms with Crippen molar-refractivity contribution in [1.82, 2.24) is 9.30 Å². The van der Waals surface area contributed by atoms with Gasteiger partial charge < -0.3 is 14.6 Å². The molecule has 0 unspecified atom stereocenters. The molecule has 1 saturated heterocycles. The fraction of sp³-hybridized carbons (Fsp3) is 0.400. The highest BCUT2D eigenvalue weighted by Gasteiger charge is 2.27. The molecule has 2 aromatic heterocycles. The lowest BCUT2D eigenvalue weighted by Gasteiger charge is -2.35. The van der Waals surface area contributed by atoms with Gasteiger partial charge in [-0.3, -0.25) is 9.69 Å². The Kier molecular flexibility index (Phi) is 4.99. The number of carbonyl (C=O) groups is 1. The van der Waals surface area contributed by atoms with Crippen molar-refractivity contribution in [3.8, 4) is 0 Å². The van der Waals surface area contributed by atoms with Crippen molar-refractivity contribution in [3.63, 3.8) is 0 Å². The Morgan fingerprint density at radius 1 is 1.00 bits per heavy atom. The Labute approximate surface area is 178 Å². The van der Waals surface area contributed by atoms with Gasteiger partial charge in [-0.2, -0.15) is 0 Å². The summed E-state index contributed by atoms with van der Waals surface area (Å²) in [4.78, 5) is 18.0. The number of anilines is 2. The second-order valence-corrected chi connectivity index (χ2v) is 8.91. The van der Waals surface area contributed by atoms with Crippen molar-refractivity contribution in [3.05, 3.63) is 65.4 Å². The summed E-state index contributed by atoms with van der Waals surface area (Å²) in [5.74, 6) is 2.06. The molecule has 1 aliphatic carbocycles. The van der Waals surface area contributed by atoms with E-state index in [1.54, 1.807) is 0 Å². The average Bonchev–Trinajstić information content (AvgIpc) is 3.46. The highest BCUT2D eigenvalue weighted by Crippen LogP contribution is 2.30. The van der Waals surface area contributed by atoms with Crippen LogP contribution in [0.1, 0.15) is 34.3 Å². The number of hydrogen-bond acceptors (Lipinski definition) is 3. The van der Waals surface area contributed by atoms with Crippen molar-refractivity contribution < 1.29 is 4.79 Å². The molecule has 3 heterocycles. The van der Waals surface area contributed by atoms with E-state index in [1.165, 1.54) is 25.2 Å². The van der Waals surface area contributed by atoms with Crippen LogP contribution in [0.3, 0.4) is 0 Å². The molecule has 2 aliphatic rings. The number of aromatic nitrogens is 1. The molecule has 2 fully saturated rings. The van der Waals surface area contributed by atoms with Crippen LogP contribution in [0.2, 0.25) is 0 Å². The Balaban J connectivity index is 1.34. The van der Waals surface area contributed by atoms with E-state index < -0.39 is 0 Å². The highest BCUT2D eigenvalue weighted by atomic mass is 16.1. The smallest absolute Gasteiger partial charge is 0.257 e. The summed E-state index contributed by atoms with van der Waals surface area (Å²) in [7, 11) is 0. The summed E-state index contributed by atoms with van der Waals surface area (Å²) in [5.41, 5.74) is 4.88. The lowest BCUT2D eigenvalue weighted by atomic mass is 10.1. The van der Waals surface area contributed by atoms with Crippen molar-refractivity contribution in [2.75, 3.05) is 42.9 Å². The second-order valence-electron chi connectivity index (χ2n) is 8.91. The standard InChI is InChI=1S/C25H30N4O/c1-18-3-4-19(2)23(15-18)26-25(30)21-7-8-22-9-10-24(29(22)17-21)28-13-11-27(12-14-28)16-20-5-6-20/h3-4,7-10,15,17,20H,5-6,11-14,16H2,1-2H3,(H,26,30). The zero-order chi connectivity index (χ0) is 20.7. The third kappa shape index (κ3) is 3.94. The van der Waals surface area contributed by atoms with Gasteiger partial charge in [0, 0.05) is 50.1 Å². The molecule has 3 aromatic rings. The van der Waals surface area contributed by atoms with E-state index in [9.17, 15) is 4.79 Å². The minimum atomic E-state index is -0.0699. The normalized spacial score (nSPS) is 17.5. The Bertz CT molecular complexity index is 1070. The minimum Gasteiger partial charge on any atom is -0.355 e. The van der Waals surface area contributed by atoms with Gasteiger partial charge in [-0.25, -0.2) is 0 Å². The van der Waals surface area contributed by atoms with E-state index in [1.807, 2.05) is 44.3 Å². The summed E-state index contributed by atoms with van der Waals surface area (Å²) >= 11 is 0. The fourth-order valence-electron chi connectivity index (χ4n) is 4.37. The van der Waals surface area contributed by atoms with Gasteiger partial charge in [0.1, 0.15) is 5.82 Å². The average molecular weight is 403 g/mol. The van der Waals surface area contributed by atoms with Crippen molar-refractivity contribution in [1.29, 1.82) is 0 Å². The summed E-state index contributed by atoms with van der Waals surface area (Å²) in [6, 6.07) is 14.4. The monoisotopic (exact) mass is 402 g/mol. The van der Waals surface area contributed by atoms with E-state index in [2.05, 4.69) is 37.7 Å². The van der Waals surface area contributed by atoms with Crippen LogP contribution in [0.5, 0.6) is 0 Å². The quantitative estimate of drug-likeness (QED) is 0.690. The van der Waals surface area contributed by atoms with Gasteiger partial charge >= 0.3 is 0 Å². The van der Waals surface area contributed by atoms with Crippen molar-refractivity contribution in [2.45, 2.75) is 26.7 Å². The second kappa shape index (κ2) is 7.80. The lowest BCUT2D eigenvalue weighted by Crippen LogP contribution is -2.47. The maximum atomic E-state index is 12.9. The number of rotatable bonds is 5. The van der Waals surface area contributed by atoms with Gasteiger partial charge in [-0.15, -0.1) is 0 Å². The van der Waals surface area contributed by atoms with Gasteiger partial charge in [0.15, 0.2) is 0 Å². The van der Waals surface area contributed by atoms with E-state index in [0.717, 1.165) is 54.4 Å². The van der Waals surface area contributed by atoms with Gasteiger partial charge in [0.05, 0.1) is 5.56 Å². The maximum Gasteiger partial charge on any atom is 0.257 e. The molecule has 1 aromatic carbocycles. The maximum absolute atomic E-state index is 12.9. The predicted molar refractivity (Wildman–Crippen MR) is 123 cm³/mol. The molecule has 5 rings (SSSR count). The number of carbonyl (C=O) groups excluding carboxylic acids is 1. The van der Waals surface area contributed by atoms with Crippen molar-refractivity contribution >= 4 is 22.9 Å².